The van der Waals surface area contributed by atoms with Crippen molar-refractivity contribution in [2.24, 2.45) is 56.2 Å². The number of carbonyl (C=O) groups is 2. The Morgan fingerprint density at radius 1 is 0.857 bits per heavy atom. The van der Waals surface area contributed by atoms with Crippen LogP contribution < -0.4 is 0 Å². The monoisotopic (exact) mass is 775 g/mol. The number of carbonyl (C=O) groups excluding carboxylic acids is 1. The number of ether oxygens (including phenoxy) is 1. The van der Waals surface area contributed by atoms with Crippen molar-refractivity contribution in [3.05, 3.63) is 58.9 Å². The van der Waals surface area contributed by atoms with Gasteiger partial charge in [0.2, 0.25) is 0 Å². The van der Waals surface area contributed by atoms with Crippen LogP contribution in [-0.2, 0) is 20.7 Å². The van der Waals surface area contributed by atoms with Gasteiger partial charge in [0.15, 0.2) is 5.78 Å². The Balaban J connectivity index is 0.000000557. The number of fused-ring (bicyclic) bond motifs is 7. The first-order valence-corrected chi connectivity index (χ1v) is 23.0. The standard InChI is InChI=1S/C39H62O4.C9H12.2C2H6/c1-12-17-39-21-15-29-37(10)18-13-27-35(7,8)30(43-25(4)22-34(5,6)33(41)42)16-20-36(27,9)28(37)14-19-38(29,11)32(39)31(24(2)3)26(40)23-39;1-3-9-6-4-8(2)5-7-9;2*1-2/h24,27-30H,4,12-23H2,1-3,5-11H3,(H,41,42);4-7H,3H2,1-2H3;2*1-2H3. The number of ketones is 1. The third kappa shape index (κ3) is 8.66. The van der Waals surface area contributed by atoms with Crippen LogP contribution in [-0.4, -0.2) is 23.0 Å². The molecule has 0 heterocycles. The summed E-state index contributed by atoms with van der Waals surface area (Å²) in [5, 5.41) is 9.65. The molecule has 6 rings (SSSR count). The molecule has 0 radical (unpaired) electrons. The van der Waals surface area contributed by atoms with E-state index in [1.165, 1.54) is 55.2 Å². The van der Waals surface area contributed by atoms with Crippen LogP contribution in [0.1, 0.15) is 192 Å². The number of aryl methyl sites for hydroxylation is 2. The van der Waals surface area contributed by atoms with E-state index in [4.69, 9.17) is 4.74 Å². The van der Waals surface area contributed by atoms with Gasteiger partial charge in [-0.25, -0.2) is 0 Å². The van der Waals surface area contributed by atoms with Crippen molar-refractivity contribution in [3.8, 4) is 0 Å². The van der Waals surface area contributed by atoms with Crippen LogP contribution in [0, 0.1) is 63.1 Å². The molecule has 5 aliphatic rings. The molecule has 56 heavy (non-hydrogen) atoms. The van der Waals surface area contributed by atoms with Gasteiger partial charge in [0, 0.05) is 18.3 Å². The van der Waals surface area contributed by atoms with Crippen LogP contribution in [0.5, 0.6) is 0 Å². The molecule has 1 N–H and O–H groups in total. The second-order valence-corrected chi connectivity index (χ2v) is 20.5. The molecule has 0 spiro atoms. The van der Waals surface area contributed by atoms with E-state index >= 15 is 0 Å². The molecule has 8 atom stereocenters. The first kappa shape index (κ1) is 48.0. The molecule has 318 valence electrons. The zero-order chi connectivity index (χ0) is 42.7. The second-order valence-electron chi connectivity index (χ2n) is 20.5. The number of rotatable bonds is 9. The molecule has 4 saturated carbocycles. The smallest absolute Gasteiger partial charge is 0.309 e. The average molecular weight is 775 g/mol. The van der Waals surface area contributed by atoms with Gasteiger partial charge in [0.1, 0.15) is 6.10 Å². The van der Waals surface area contributed by atoms with E-state index in [2.05, 4.69) is 100 Å². The molecule has 0 aliphatic heterocycles. The number of hydrogen-bond donors (Lipinski definition) is 1. The van der Waals surface area contributed by atoms with E-state index in [1.807, 2.05) is 27.7 Å². The fourth-order valence-electron chi connectivity index (χ4n) is 13.7. The highest BCUT2D eigenvalue weighted by Gasteiger charge is 2.69. The first-order chi connectivity index (χ1) is 26.1. The summed E-state index contributed by atoms with van der Waals surface area (Å²) in [6.07, 6.45) is 14.2. The molecular formula is C52H86O4. The molecule has 4 heteroatoms. The number of carboxylic acids is 1. The fraction of sp³-hybridized carbons (Fsp3) is 0.769. The Labute approximate surface area is 345 Å². The normalized spacial score (nSPS) is 34.1. The minimum absolute atomic E-state index is 0.0144. The van der Waals surface area contributed by atoms with Crippen LogP contribution in [0.4, 0.5) is 0 Å². The SMILES string of the molecule is C=C(CC(C)(C)C(=O)O)OC1CCC2(C)C(CCC3(C)C4CCC5(CCC)CC(=O)C(C(C)C)=C5C4(C)CCC32)C1(C)C.CC.CC.CCc1ccc(C)cc1. The molecule has 0 amide bonds. The Morgan fingerprint density at radius 3 is 1.93 bits per heavy atom. The highest BCUT2D eigenvalue weighted by atomic mass is 16.5. The molecule has 1 aromatic carbocycles. The third-order valence-corrected chi connectivity index (χ3v) is 16.0. The number of benzene rings is 1. The Morgan fingerprint density at radius 2 is 1.39 bits per heavy atom. The van der Waals surface area contributed by atoms with Gasteiger partial charge in [0.25, 0.3) is 0 Å². The van der Waals surface area contributed by atoms with Gasteiger partial charge in [-0.3, -0.25) is 9.59 Å². The summed E-state index contributed by atoms with van der Waals surface area (Å²) in [5.74, 6) is 2.43. The summed E-state index contributed by atoms with van der Waals surface area (Å²) in [6.45, 7) is 39.5. The Kier molecular flexibility index (Phi) is 15.7. The third-order valence-electron chi connectivity index (χ3n) is 16.0. The topological polar surface area (TPSA) is 63.6 Å². The molecule has 8 unspecified atom stereocenters. The lowest BCUT2D eigenvalue weighted by molar-refractivity contribution is -0.217. The van der Waals surface area contributed by atoms with Gasteiger partial charge in [-0.2, -0.15) is 0 Å². The molecule has 0 saturated heterocycles. The summed E-state index contributed by atoms with van der Waals surface area (Å²) in [7, 11) is 0. The fourth-order valence-corrected chi connectivity index (χ4v) is 13.7. The van der Waals surface area contributed by atoms with Crippen molar-refractivity contribution in [2.45, 2.75) is 200 Å². The van der Waals surface area contributed by atoms with Crippen molar-refractivity contribution < 1.29 is 19.4 Å². The van der Waals surface area contributed by atoms with Crippen LogP contribution in [0.25, 0.3) is 0 Å². The lowest BCUT2D eigenvalue weighted by Crippen LogP contribution is -2.64. The molecule has 0 aromatic heterocycles. The van der Waals surface area contributed by atoms with Gasteiger partial charge in [-0.05, 0) is 141 Å². The van der Waals surface area contributed by atoms with Crippen LogP contribution in [0.2, 0.25) is 0 Å². The maximum Gasteiger partial charge on any atom is 0.309 e. The lowest BCUT2D eigenvalue weighted by Gasteiger charge is -2.71. The van der Waals surface area contributed by atoms with Gasteiger partial charge < -0.3 is 9.84 Å². The van der Waals surface area contributed by atoms with E-state index in [1.54, 1.807) is 19.4 Å². The zero-order valence-corrected chi connectivity index (χ0v) is 39.3. The van der Waals surface area contributed by atoms with E-state index in [9.17, 15) is 14.7 Å². The van der Waals surface area contributed by atoms with Crippen LogP contribution in [0.15, 0.2) is 47.7 Å². The Hall–Kier alpha value is -2.36. The zero-order valence-electron chi connectivity index (χ0n) is 39.3. The molecule has 5 aliphatic carbocycles. The van der Waals surface area contributed by atoms with E-state index in [0.717, 1.165) is 38.5 Å². The molecular weight excluding hydrogens is 689 g/mol. The van der Waals surface area contributed by atoms with E-state index in [0.29, 0.717) is 41.6 Å². The minimum Gasteiger partial charge on any atom is -0.495 e. The predicted molar refractivity (Wildman–Crippen MR) is 238 cm³/mol. The van der Waals surface area contributed by atoms with Gasteiger partial charge >= 0.3 is 5.97 Å². The van der Waals surface area contributed by atoms with E-state index in [-0.39, 0.29) is 33.2 Å². The summed E-state index contributed by atoms with van der Waals surface area (Å²) in [5.41, 5.74) is 5.45. The number of carboxylic acid groups (broad SMARTS) is 1. The number of allylic oxidation sites excluding steroid dienone is 3. The lowest BCUT2D eigenvalue weighted by atomic mass is 9.34. The number of hydrogen-bond acceptors (Lipinski definition) is 3. The highest BCUT2D eigenvalue weighted by Crippen LogP contribution is 2.76. The Bertz CT molecular complexity index is 1540. The van der Waals surface area contributed by atoms with Crippen molar-refractivity contribution >= 4 is 11.8 Å². The molecule has 1 aromatic rings. The predicted octanol–water partition coefficient (Wildman–Crippen LogP) is 14.8. The first-order valence-electron chi connectivity index (χ1n) is 23.0. The van der Waals surface area contributed by atoms with Crippen molar-refractivity contribution in [1.29, 1.82) is 0 Å². The quantitative estimate of drug-likeness (QED) is 0.254. The van der Waals surface area contributed by atoms with Crippen molar-refractivity contribution in [1.82, 2.24) is 0 Å². The number of Topliss-reactive ketones (excluding diaryl/α,β-unsaturated/α-hetero) is 1. The van der Waals surface area contributed by atoms with Gasteiger partial charge in [-0.15, -0.1) is 0 Å². The summed E-state index contributed by atoms with van der Waals surface area (Å²) in [6, 6.07) is 8.66. The minimum atomic E-state index is -0.880. The van der Waals surface area contributed by atoms with Crippen LogP contribution in [0.3, 0.4) is 0 Å². The second kappa shape index (κ2) is 18.3. The average Bonchev–Trinajstić information content (AvgIpc) is 3.44. The number of aliphatic carboxylic acids is 1. The molecule has 4 nitrogen and oxygen atoms in total. The van der Waals surface area contributed by atoms with E-state index < -0.39 is 11.4 Å². The van der Waals surface area contributed by atoms with Gasteiger partial charge in [-0.1, -0.05) is 138 Å². The maximum atomic E-state index is 13.7. The molecule has 4 fully saturated rings. The molecule has 0 bridgehead atoms. The maximum absolute atomic E-state index is 13.7. The summed E-state index contributed by atoms with van der Waals surface area (Å²) < 4.78 is 6.58. The van der Waals surface area contributed by atoms with Crippen molar-refractivity contribution in [2.75, 3.05) is 0 Å². The summed E-state index contributed by atoms with van der Waals surface area (Å²) in [4.78, 5) is 25.4. The largest absolute Gasteiger partial charge is 0.495 e. The highest BCUT2D eigenvalue weighted by molar-refractivity contribution is 6.00. The van der Waals surface area contributed by atoms with Crippen molar-refractivity contribution in [3.63, 3.8) is 0 Å². The van der Waals surface area contributed by atoms with Crippen LogP contribution >= 0.6 is 0 Å². The summed E-state index contributed by atoms with van der Waals surface area (Å²) >= 11 is 0. The van der Waals surface area contributed by atoms with Gasteiger partial charge in [0.05, 0.1) is 11.2 Å².